The fourth-order valence-corrected chi connectivity index (χ4v) is 28.4. The number of nitrogens with zero attached hydrogens (tertiary/aromatic N) is 3. The van der Waals surface area contributed by atoms with Crippen LogP contribution in [0, 0.1) is 0 Å². The molecule has 0 radical (unpaired) electrons. The first-order chi connectivity index (χ1) is 52.0. The van der Waals surface area contributed by atoms with Crippen LogP contribution in [-0.2, 0) is 38.1 Å². The highest BCUT2D eigenvalue weighted by Gasteiger charge is 2.21. The molecule has 0 heterocycles. The van der Waals surface area contributed by atoms with Crippen LogP contribution in [0.5, 0.6) is 0 Å². The van der Waals surface area contributed by atoms with Crippen molar-refractivity contribution < 1.29 is 38.1 Å². The molecule has 0 saturated heterocycles. The minimum Gasteiger partial charge on any atom is -0.461 e. The van der Waals surface area contributed by atoms with Crippen molar-refractivity contribution in [2.24, 2.45) is 0 Å². The number of esters is 4. The van der Waals surface area contributed by atoms with E-state index in [-0.39, 0.29) is 74.0 Å². The van der Waals surface area contributed by atoms with Gasteiger partial charge in [0.25, 0.3) is 0 Å². The second-order valence-electron chi connectivity index (χ2n) is 29.2. The molecule has 23 heteroatoms. The largest absolute Gasteiger partial charge is 0.461 e. The Morgan fingerprint density at radius 2 is 0.425 bits per heavy atom. The first-order valence-corrected chi connectivity index (χ1v) is 58.8. The summed E-state index contributed by atoms with van der Waals surface area (Å²) in [5.74, 6) is 7.03. The predicted octanol–water partition coefficient (Wildman–Crippen LogP) is 29.0. The van der Waals surface area contributed by atoms with Crippen LogP contribution in [0.4, 0.5) is 0 Å². The molecule has 0 aliphatic carbocycles. The van der Waals surface area contributed by atoms with Crippen LogP contribution in [0.15, 0.2) is 0 Å². The summed E-state index contributed by atoms with van der Waals surface area (Å²) in [6.07, 6.45) is 59.5. The topological polar surface area (TPSA) is 115 Å². The van der Waals surface area contributed by atoms with E-state index in [0.717, 1.165) is 111 Å². The quantitative estimate of drug-likeness (QED) is 0.0249. The lowest BCUT2D eigenvalue weighted by Crippen LogP contribution is -2.35. The van der Waals surface area contributed by atoms with Crippen LogP contribution in [0.2, 0.25) is 0 Å². The highest BCUT2D eigenvalue weighted by Crippen LogP contribution is 2.39. The third kappa shape index (κ3) is 78.5. The zero-order chi connectivity index (χ0) is 77.3. The number of rotatable bonds is 88. The van der Waals surface area contributed by atoms with E-state index in [0.29, 0.717) is 26.2 Å². The second kappa shape index (κ2) is 87.8. The van der Waals surface area contributed by atoms with Gasteiger partial charge in [-0.05, 0) is 137 Å². The Morgan fingerprint density at radius 3 is 0.613 bits per heavy atom. The Balaban J connectivity index is 5.62. The molecular formula is C83H163N3O8S12. The van der Waals surface area contributed by atoms with Gasteiger partial charge in [0.15, 0.2) is 0 Å². The molecule has 630 valence electrons. The minimum atomic E-state index is -0.178. The van der Waals surface area contributed by atoms with E-state index in [1.165, 1.54) is 257 Å². The zero-order valence-corrected chi connectivity index (χ0v) is 79.3. The van der Waals surface area contributed by atoms with Crippen LogP contribution in [-0.4, -0.2) is 168 Å². The molecule has 11 nitrogen and oxygen atoms in total. The lowest BCUT2D eigenvalue weighted by Gasteiger charge is -2.26. The average molecular weight is 1720 g/mol. The first-order valence-electron chi connectivity index (χ1n) is 43.5. The molecule has 0 N–H and O–H groups in total. The van der Waals surface area contributed by atoms with Gasteiger partial charge >= 0.3 is 23.9 Å². The van der Waals surface area contributed by atoms with Gasteiger partial charge in [-0.3, -0.25) is 19.2 Å². The van der Waals surface area contributed by atoms with Crippen LogP contribution in [0.3, 0.4) is 0 Å². The molecule has 0 saturated carbocycles. The van der Waals surface area contributed by atoms with Crippen LogP contribution in [0.1, 0.15) is 376 Å². The summed E-state index contributed by atoms with van der Waals surface area (Å²) in [6.45, 7) is 22.8. The molecule has 0 bridgehead atoms. The fourth-order valence-electron chi connectivity index (χ4n) is 12.1. The number of carbonyl (C=O) groups is 4. The maximum Gasteiger partial charge on any atom is 0.307 e. The summed E-state index contributed by atoms with van der Waals surface area (Å²) in [5.41, 5.74) is 0. The Kier molecular flexibility index (Phi) is 89.4. The molecule has 0 rings (SSSR count). The second-order valence-corrected chi connectivity index (χ2v) is 46.8. The van der Waals surface area contributed by atoms with E-state index >= 15 is 0 Å². The number of hydrogen-bond acceptors (Lipinski definition) is 23. The average Bonchev–Trinajstić information content (AvgIpc) is 1.08. The maximum atomic E-state index is 13.5. The van der Waals surface area contributed by atoms with Crippen molar-refractivity contribution in [3.05, 3.63) is 0 Å². The van der Waals surface area contributed by atoms with Gasteiger partial charge in [-0.15, -0.1) is 0 Å². The predicted molar refractivity (Wildman–Crippen MR) is 496 cm³/mol. The number of hydrogen-bond donors (Lipinski definition) is 0. The van der Waals surface area contributed by atoms with Crippen molar-refractivity contribution in [2.45, 2.75) is 401 Å². The molecule has 0 spiro atoms. The Hall–Kier alpha value is 1.96. The molecule has 106 heavy (non-hydrogen) atoms. The fraction of sp³-hybridized carbons (Fsp3) is 0.952. The molecule has 0 aromatic heterocycles. The van der Waals surface area contributed by atoms with Crippen molar-refractivity contribution in [1.29, 1.82) is 0 Å². The van der Waals surface area contributed by atoms with E-state index in [4.69, 9.17) is 18.9 Å². The lowest BCUT2D eigenvalue weighted by atomic mass is 10.1. The van der Waals surface area contributed by atoms with Crippen LogP contribution >= 0.6 is 126 Å². The number of carbonyl (C=O) groups excluding carboxylic acids is 4. The van der Waals surface area contributed by atoms with Gasteiger partial charge < -0.3 is 33.6 Å². The monoisotopic (exact) mass is 1710 g/mol. The van der Waals surface area contributed by atoms with Gasteiger partial charge in [-0.25, -0.2) is 0 Å². The summed E-state index contributed by atoms with van der Waals surface area (Å²) in [6, 6.07) is 0. The Morgan fingerprint density at radius 1 is 0.236 bits per heavy atom. The zero-order valence-electron chi connectivity index (χ0n) is 69.5. The lowest BCUT2D eigenvalue weighted by molar-refractivity contribution is -0.150. The maximum absolute atomic E-state index is 13.5. The molecule has 0 aliphatic heterocycles. The Labute approximate surface area is 702 Å². The summed E-state index contributed by atoms with van der Waals surface area (Å²) < 4.78 is 24.3. The third-order valence-corrected chi connectivity index (χ3v) is 36.8. The van der Waals surface area contributed by atoms with E-state index in [1.54, 1.807) is 43.2 Å². The van der Waals surface area contributed by atoms with Crippen molar-refractivity contribution in [3.63, 3.8) is 0 Å². The van der Waals surface area contributed by atoms with Crippen molar-refractivity contribution in [2.75, 3.05) is 105 Å². The summed E-state index contributed by atoms with van der Waals surface area (Å²) >= 11 is 0. The van der Waals surface area contributed by atoms with Crippen molar-refractivity contribution in [1.82, 2.24) is 14.7 Å². The molecule has 0 amide bonds. The normalized spacial score (nSPS) is 12.9. The van der Waals surface area contributed by atoms with Crippen molar-refractivity contribution >= 4 is 150 Å². The summed E-state index contributed by atoms with van der Waals surface area (Å²) in [7, 11) is 24.4. The molecule has 4 atom stereocenters. The molecular weight excluding hydrogens is 1550 g/mol. The van der Waals surface area contributed by atoms with Gasteiger partial charge in [-0.2, -0.15) is 0 Å². The third-order valence-electron chi connectivity index (χ3n) is 19.3. The summed E-state index contributed by atoms with van der Waals surface area (Å²) in [4.78, 5) is 60.9. The molecule has 0 aliphatic rings. The van der Waals surface area contributed by atoms with Crippen molar-refractivity contribution in [3.8, 4) is 0 Å². The molecule has 0 fully saturated rings. The van der Waals surface area contributed by atoms with Gasteiger partial charge in [0.2, 0.25) is 0 Å². The van der Waals surface area contributed by atoms with Crippen LogP contribution < -0.4 is 0 Å². The first kappa shape index (κ1) is 108. The minimum absolute atomic E-state index is 0.127. The van der Waals surface area contributed by atoms with Gasteiger partial charge in [0, 0.05) is 72.2 Å². The number of ether oxygens (including phenoxy) is 4. The van der Waals surface area contributed by atoms with Gasteiger partial charge in [0.1, 0.15) is 24.4 Å². The smallest absolute Gasteiger partial charge is 0.307 e. The Bertz CT molecular complexity index is 1630. The highest BCUT2D eigenvalue weighted by atomic mass is 33.5. The van der Waals surface area contributed by atoms with E-state index in [1.807, 2.05) is 82.5 Å². The highest BCUT2D eigenvalue weighted by molar-refractivity contribution is 9.10. The van der Waals surface area contributed by atoms with E-state index in [9.17, 15) is 19.2 Å². The standard InChI is InChI=1S/C83H163N3O8S12/c1-10-18-22-26-30-34-38-42-46-50-68-95-103-99-72-76(14-5)91-80(87)56-64-85(65-57-81(88)92-77(15-6)73-100-104-96-69-51-47-43-39-35-31-27-23-19-11-2)62-54-60-84(9)61-55-63-86(66-58-82(89)93-78(16-7)74-101-105-97-70-52-48-44-40-36-32-28-24-20-12-3)67-59-83(90)94-79(17-8)75-102-106-98-71-53-49-45-41-37-33-29-25-21-13-4/h76-79H,10-75H2,1-9H3. The SMILES string of the molecule is CCCCCCCCCCCCSSSCC(CC)OC(=O)CCN(CCCN(C)CCCN(CCC(=O)OC(CC)CSSSCCCCCCCCCCCC)CCC(=O)OC(CC)CSSSCCCCCCCCCCCC)CCC(=O)OC(CC)CSSSCCCCCCCCCCCC. The molecule has 0 aromatic rings. The van der Waals surface area contributed by atoms with Gasteiger partial charge in [-0.1, -0.05) is 373 Å². The van der Waals surface area contributed by atoms with Crippen LogP contribution in [0.25, 0.3) is 0 Å². The van der Waals surface area contributed by atoms with E-state index in [2.05, 4.69) is 77.1 Å². The number of unbranched alkanes of at least 4 members (excludes halogenated alkanes) is 36. The van der Waals surface area contributed by atoms with Gasteiger partial charge in [0.05, 0.1) is 25.7 Å². The molecule has 4 unspecified atom stereocenters. The van der Waals surface area contributed by atoms with E-state index < -0.39 is 0 Å². The summed E-state index contributed by atoms with van der Waals surface area (Å²) in [5, 5.41) is 0. The molecule has 0 aromatic carbocycles.